The summed E-state index contributed by atoms with van der Waals surface area (Å²) in [5.41, 5.74) is 25.6. The smallest absolute Gasteiger partial charge is 0.480 e. The van der Waals surface area contributed by atoms with Gasteiger partial charge < -0.3 is 78.3 Å². The van der Waals surface area contributed by atoms with Crippen LogP contribution in [-0.2, 0) is 59.1 Å². The van der Waals surface area contributed by atoms with Crippen LogP contribution in [0, 0.1) is 16.3 Å². The second-order valence-corrected chi connectivity index (χ2v) is 30.6. The number of hydrogen-bond donors (Lipinski definition) is 12. The standard InChI is InChI=1S/C25H23FN6O2S.C19H23N3O3.C19H22N2O4.C14H18INO4.C6H7BO2/c1-14-10-23(35-32-14)31-20-13-21(19(26)12-18(20)24(27)33)30-22(25(28)34)11-15-2-4-16(5-3-15)17-6-8-29-9-7-17;1-19(2,3)25-18(24)22-16(17(20)23)12-13-4-6-14(7-5-13)15-8-10-21-11-9-15;1-19(2,3)25-18(24)21-16(17(22)23)12-13-4-6-14(7-5-13)15-8-10-20-11-9-15;1-14(2,3)20-13(19)16-11(12(17)18)8-9-4-6-10(15)7-5-9;8-7(9)6-4-2-1-3-5-6/h2-10,12-13,22,30-31H,11H2,1H3,(H2,27,33)(H2,28,34);4-11,16H,12H2,1-3H3,(H2,20,23)(H,22,24);4-11,16H,12H2,1-3H3,(H,21,24)(H,22,23);4-7,11H,8H2,1-3H3,(H,16,19)(H,17,18);1-5,8-9H/t22-;2*16-;11-;/m1111./s1. The molecule has 0 spiro atoms. The number of amides is 6. The van der Waals surface area contributed by atoms with Crippen LogP contribution < -0.4 is 49.2 Å². The van der Waals surface area contributed by atoms with Gasteiger partial charge in [-0.15, -0.1) is 0 Å². The number of aliphatic carboxylic acids is 2. The summed E-state index contributed by atoms with van der Waals surface area (Å²) < 4.78 is 35.5. The lowest BCUT2D eigenvalue weighted by Gasteiger charge is -2.22. The van der Waals surface area contributed by atoms with E-state index < -0.39 is 102 Å². The molecule has 0 unspecified atom stereocenters. The molecule has 114 heavy (non-hydrogen) atoms. The molecule has 10 rings (SSSR count). The molecule has 0 fully saturated rings. The number of primary amides is 3. The third kappa shape index (κ3) is 33.0. The molecule has 0 saturated carbocycles. The summed E-state index contributed by atoms with van der Waals surface area (Å²) in [4.78, 5) is 106. The number of anilines is 3. The van der Waals surface area contributed by atoms with E-state index in [1.165, 1.54) is 17.6 Å². The average Bonchev–Trinajstić information content (AvgIpc) is 1.14. The highest BCUT2D eigenvalue weighted by molar-refractivity contribution is 14.1. The third-order valence-electron chi connectivity index (χ3n) is 15.6. The Kier molecular flexibility index (Phi) is 34.7. The third-order valence-corrected chi connectivity index (χ3v) is 17.1. The van der Waals surface area contributed by atoms with Crippen molar-refractivity contribution in [3.63, 3.8) is 0 Å². The number of aryl methyl sites for hydroxylation is 1. The summed E-state index contributed by atoms with van der Waals surface area (Å²) in [5, 5.41) is 49.5. The van der Waals surface area contributed by atoms with Crippen LogP contribution >= 0.6 is 34.1 Å². The van der Waals surface area contributed by atoms with E-state index in [0.29, 0.717) is 16.9 Å². The number of halogens is 2. The predicted molar refractivity (Wildman–Crippen MR) is 445 cm³/mol. The molecule has 0 saturated heterocycles. The number of carboxylic acids is 2. The van der Waals surface area contributed by atoms with Gasteiger partial charge in [-0.3, -0.25) is 29.3 Å². The zero-order chi connectivity index (χ0) is 83.9. The molecule has 6 aromatic carbocycles. The van der Waals surface area contributed by atoms with Gasteiger partial charge in [0.15, 0.2) is 0 Å². The summed E-state index contributed by atoms with van der Waals surface area (Å²) >= 11 is 3.36. The largest absolute Gasteiger partial charge is 0.488 e. The number of rotatable bonds is 24. The molecule has 31 heteroatoms. The molecular formula is C83H93BFIN12O15S. The first-order valence-corrected chi connectivity index (χ1v) is 37.4. The Morgan fingerprint density at radius 1 is 0.465 bits per heavy atom. The highest BCUT2D eigenvalue weighted by atomic mass is 127. The maximum absolute atomic E-state index is 14.9. The summed E-state index contributed by atoms with van der Waals surface area (Å²) in [6.45, 7) is 17.4. The Morgan fingerprint density at radius 3 is 1.11 bits per heavy atom. The van der Waals surface area contributed by atoms with E-state index in [9.17, 15) is 47.9 Å². The number of ether oxygens (including phenoxy) is 3. The molecule has 598 valence electrons. The van der Waals surface area contributed by atoms with Gasteiger partial charge in [0.1, 0.15) is 51.8 Å². The molecule has 4 aromatic heterocycles. The fourth-order valence-electron chi connectivity index (χ4n) is 10.3. The molecule has 4 atom stereocenters. The van der Waals surface area contributed by atoms with Crippen LogP contribution in [0.1, 0.15) is 101 Å². The Labute approximate surface area is 678 Å². The lowest BCUT2D eigenvalue weighted by atomic mass is 9.81. The number of nitrogens with two attached hydrogens (primary N) is 3. The van der Waals surface area contributed by atoms with Crippen molar-refractivity contribution in [1.82, 2.24) is 35.3 Å². The molecule has 6 amide bonds. The van der Waals surface area contributed by atoms with Gasteiger partial charge in [-0.2, -0.15) is 4.37 Å². The van der Waals surface area contributed by atoms with E-state index in [0.717, 1.165) is 71.0 Å². The zero-order valence-corrected chi connectivity index (χ0v) is 67.4. The molecule has 27 nitrogen and oxygen atoms in total. The van der Waals surface area contributed by atoms with Crippen LogP contribution in [0.2, 0.25) is 0 Å². The lowest BCUT2D eigenvalue weighted by molar-refractivity contribution is -0.140. The number of benzene rings is 6. The fourth-order valence-corrected chi connectivity index (χ4v) is 11.3. The van der Waals surface area contributed by atoms with Crippen LogP contribution in [0.25, 0.3) is 33.4 Å². The van der Waals surface area contributed by atoms with Crippen molar-refractivity contribution in [1.29, 1.82) is 0 Å². The van der Waals surface area contributed by atoms with E-state index in [1.807, 2.05) is 146 Å². The molecule has 0 aliphatic heterocycles. The van der Waals surface area contributed by atoms with Crippen LogP contribution in [0.4, 0.5) is 35.1 Å². The maximum Gasteiger partial charge on any atom is 0.488 e. The van der Waals surface area contributed by atoms with E-state index in [1.54, 1.807) is 130 Å². The monoisotopic (exact) mass is 1690 g/mol. The number of hydrogen-bond acceptors (Lipinski definition) is 20. The van der Waals surface area contributed by atoms with E-state index in [2.05, 4.69) is 68.5 Å². The summed E-state index contributed by atoms with van der Waals surface area (Å²) in [7, 11) is -1.34. The average molecular weight is 1690 g/mol. The molecule has 10 aromatic rings. The van der Waals surface area contributed by atoms with Gasteiger partial charge in [-0.05, 0) is 231 Å². The minimum absolute atomic E-state index is 0.0101. The van der Waals surface area contributed by atoms with Crippen molar-refractivity contribution < 1.29 is 77.2 Å². The normalized spacial score (nSPS) is 11.9. The summed E-state index contributed by atoms with van der Waals surface area (Å²) in [5.74, 6) is -4.97. The van der Waals surface area contributed by atoms with E-state index >= 15 is 0 Å². The number of nitrogens with zero attached hydrogens (tertiary/aromatic N) is 4. The topological polar surface area (TPSA) is 435 Å². The second kappa shape index (κ2) is 43.6. The van der Waals surface area contributed by atoms with Crippen LogP contribution in [-0.4, -0.2) is 136 Å². The van der Waals surface area contributed by atoms with Crippen molar-refractivity contribution in [3.8, 4) is 33.4 Å². The minimum atomic E-state index is -1.34. The van der Waals surface area contributed by atoms with Gasteiger partial charge in [-0.25, -0.2) is 28.4 Å². The number of carboxylic acid groups (broad SMARTS) is 2. The maximum atomic E-state index is 14.9. The Balaban J connectivity index is 0.000000232. The number of pyridine rings is 3. The molecular weight excluding hydrogens is 1590 g/mol. The van der Waals surface area contributed by atoms with Crippen LogP contribution in [0.3, 0.4) is 0 Å². The van der Waals surface area contributed by atoms with Gasteiger partial charge in [0, 0.05) is 66.4 Å². The van der Waals surface area contributed by atoms with Gasteiger partial charge in [0.2, 0.25) is 11.8 Å². The highest BCUT2D eigenvalue weighted by Crippen LogP contribution is 2.31. The SMILES string of the molecule is CC(C)(C)OC(=O)N[C@H](Cc1ccc(-c2ccncc2)cc1)C(=O)O.CC(C)(C)OC(=O)N[C@H](Cc1ccc(-c2ccncc2)cc1)C(N)=O.CC(C)(C)OC(=O)N[C@H](Cc1ccc(I)cc1)C(=O)O.Cc1cc(Nc2cc(N[C@H](Cc3ccc(-c4ccncc4)cc3)C(N)=O)c(F)cc2C(N)=O)sn1.OB(O)c1ccccc1. The first-order valence-electron chi connectivity index (χ1n) is 35.5. The lowest BCUT2D eigenvalue weighted by Crippen LogP contribution is -2.47. The van der Waals surface area contributed by atoms with Crippen molar-refractivity contribution in [2.24, 2.45) is 17.2 Å². The number of aromatic nitrogens is 4. The minimum Gasteiger partial charge on any atom is -0.480 e. The number of alkyl carbamates (subject to hydrolysis) is 3. The van der Waals surface area contributed by atoms with Crippen molar-refractivity contribution >= 4 is 111 Å². The second-order valence-electron chi connectivity index (χ2n) is 28.5. The van der Waals surface area contributed by atoms with Gasteiger partial charge in [0.05, 0.1) is 22.6 Å². The van der Waals surface area contributed by atoms with Gasteiger partial charge in [-0.1, -0.05) is 115 Å². The Bertz CT molecular complexity index is 4650. The van der Waals surface area contributed by atoms with Gasteiger partial charge in [0.25, 0.3) is 5.91 Å². The quantitative estimate of drug-likeness (QED) is 0.0152. The fraction of sp³-hybridized carbons (Fsp3) is 0.253. The summed E-state index contributed by atoms with van der Waals surface area (Å²) in [6, 6.07) is 50.9. The molecule has 0 aliphatic rings. The predicted octanol–water partition coefficient (Wildman–Crippen LogP) is 12.1. The Hall–Kier alpha value is -12.2. The number of nitrogens with one attached hydrogen (secondary N) is 5. The zero-order valence-electron chi connectivity index (χ0n) is 64.5. The highest BCUT2D eigenvalue weighted by Gasteiger charge is 2.28. The number of carbonyl (C=O) groups excluding carboxylic acids is 6. The van der Waals surface area contributed by atoms with Crippen LogP contribution in [0.5, 0.6) is 0 Å². The molecule has 0 radical (unpaired) electrons. The number of carbonyl (C=O) groups is 8. The molecule has 15 N–H and O–H groups in total. The Morgan fingerprint density at radius 2 is 0.798 bits per heavy atom. The molecule has 4 heterocycles. The molecule has 0 bridgehead atoms. The van der Waals surface area contributed by atoms with E-state index in [4.69, 9.17) is 46.6 Å². The van der Waals surface area contributed by atoms with Crippen LogP contribution in [0.15, 0.2) is 219 Å². The van der Waals surface area contributed by atoms with E-state index in [-0.39, 0.29) is 36.2 Å². The van der Waals surface area contributed by atoms with Gasteiger partial charge >= 0.3 is 37.3 Å². The molecule has 0 aliphatic carbocycles. The van der Waals surface area contributed by atoms with Crippen molar-refractivity contribution in [3.05, 3.63) is 262 Å². The summed E-state index contributed by atoms with van der Waals surface area (Å²) in [6.07, 6.45) is 9.12. The first-order chi connectivity index (χ1) is 53.8. The first kappa shape index (κ1) is 90.7. The van der Waals surface area contributed by atoms with Crippen molar-refractivity contribution in [2.45, 2.75) is 136 Å². The van der Waals surface area contributed by atoms with Crippen molar-refractivity contribution in [2.75, 3.05) is 10.6 Å².